The van der Waals surface area contributed by atoms with Crippen molar-refractivity contribution in [3.05, 3.63) is 29.3 Å². The van der Waals surface area contributed by atoms with E-state index in [1.165, 1.54) is 6.42 Å². The predicted octanol–water partition coefficient (Wildman–Crippen LogP) is 3.61. The van der Waals surface area contributed by atoms with Crippen molar-refractivity contribution in [2.24, 2.45) is 17.3 Å². The first-order valence-electron chi connectivity index (χ1n) is 7.76. The molecule has 2 unspecified atom stereocenters. The lowest BCUT2D eigenvalue weighted by Gasteiger charge is -2.59. The molecule has 5 rings (SSSR count). The Labute approximate surface area is 129 Å². The molecule has 4 saturated carbocycles. The monoisotopic (exact) mass is 305 g/mol. The van der Waals surface area contributed by atoms with E-state index in [2.05, 4.69) is 5.32 Å². The van der Waals surface area contributed by atoms with E-state index >= 15 is 0 Å². The number of rotatable bonds is 2. The molecular formula is C17H20ClNO2. The van der Waals surface area contributed by atoms with E-state index in [1.54, 1.807) is 12.1 Å². The Morgan fingerprint density at radius 3 is 2.57 bits per heavy atom. The number of carbonyl (C=O) groups is 1. The van der Waals surface area contributed by atoms with Gasteiger partial charge in [-0.05, 0) is 68.6 Å². The third-order valence-electron chi connectivity index (χ3n) is 5.59. The Bertz CT molecular complexity index is 586. The zero-order chi connectivity index (χ0) is 14.7. The fourth-order valence-corrected chi connectivity index (χ4v) is 5.50. The predicted molar refractivity (Wildman–Crippen MR) is 82.1 cm³/mol. The van der Waals surface area contributed by atoms with Crippen LogP contribution in [0, 0.1) is 17.3 Å². The van der Waals surface area contributed by atoms with E-state index in [4.69, 9.17) is 11.6 Å². The second-order valence-electron chi connectivity index (χ2n) is 7.43. The number of benzene rings is 1. The van der Waals surface area contributed by atoms with Crippen molar-refractivity contribution in [3.63, 3.8) is 0 Å². The van der Waals surface area contributed by atoms with Crippen LogP contribution in [0.15, 0.2) is 24.3 Å². The van der Waals surface area contributed by atoms with Gasteiger partial charge in [0.15, 0.2) is 0 Å². The maximum Gasteiger partial charge on any atom is 0.230 e. The van der Waals surface area contributed by atoms with Crippen molar-refractivity contribution in [2.75, 3.05) is 5.32 Å². The summed E-state index contributed by atoms with van der Waals surface area (Å²) in [5.41, 5.74) is -0.230. The van der Waals surface area contributed by atoms with Gasteiger partial charge in [0.05, 0.1) is 11.0 Å². The van der Waals surface area contributed by atoms with Gasteiger partial charge in [-0.1, -0.05) is 17.7 Å². The number of aliphatic hydroxyl groups is 1. The Morgan fingerprint density at radius 2 is 1.95 bits per heavy atom. The van der Waals surface area contributed by atoms with Crippen LogP contribution < -0.4 is 5.32 Å². The van der Waals surface area contributed by atoms with E-state index in [0.29, 0.717) is 23.3 Å². The lowest BCUT2D eigenvalue weighted by molar-refractivity contribution is -0.174. The first-order chi connectivity index (χ1) is 9.96. The van der Waals surface area contributed by atoms with Crippen LogP contribution in [0.4, 0.5) is 5.69 Å². The van der Waals surface area contributed by atoms with Gasteiger partial charge in [-0.15, -0.1) is 0 Å². The van der Waals surface area contributed by atoms with E-state index in [-0.39, 0.29) is 11.3 Å². The van der Waals surface area contributed by atoms with Crippen molar-refractivity contribution >= 4 is 23.2 Å². The van der Waals surface area contributed by atoms with Crippen LogP contribution in [0.25, 0.3) is 0 Å². The van der Waals surface area contributed by atoms with Gasteiger partial charge in [-0.3, -0.25) is 4.79 Å². The van der Waals surface area contributed by atoms with Crippen molar-refractivity contribution < 1.29 is 9.90 Å². The standard InChI is InChI=1S/C17H20ClNO2/c18-13-2-1-3-14(5-13)19-15(20)16-6-11-4-12(7-16)9-17(21,8-11)10-16/h1-3,5,11-12,21H,4,6-10H2,(H,19,20)/t11-,12+,16?,17?. The molecule has 4 aliphatic carbocycles. The molecule has 4 atom stereocenters. The molecule has 1 aromatic rings. The average Bonchev–Trinajstić information content (AvgIpc) is 2.35. The van der Waals surface area contributed by atoms with Crippen LogP contribution in [0.5, 0.6) is 0 Å². The maximum atomic E-state index is 12.9. The van der Waals surface area contributed by atoms with Gasteiger partial charge in [-0.2, -0.15) is 0 Å². The highest BCUT2D eigenvalue weighted by Crippen LogP contribution is 2.61. The first kappa shape index (κ1) is 13.6. The Kier molecular flexibility index (Phi) is 2.89. The second kappa shape index (κ2) is 4.47. The molecule has 1 aromatic carbocycles. The third kappa shape index (κ3) is 2.27. The SMILES string of the molecule is O=C(Nc1cccc(Cl)c1)C12C[C@@H]3C[C@@H](CC(O)(C3)C1)C2. The number of amides is 1. The topological polar surface area (TPSA) is 49.3 Å². The second-order valence-corrected chi connectivity index (χ2v) is 7.87. The van der Waals surface area contributed by atoms with Crippen LogP contribution in [0.3, 0.4) is 0 Å². The highest BCUT2D eigenvalue weighted by Gasteiger charge is 2.60. The molecule has 2 N–H and O–H groups in total. The van der Waals surface area contributed by atoms with Gasteiger partial charge in [0, 0.05) is 10.7 Å². The molecule has 3 nitrogen and oxygen atoms in total. The first-order valence-corrected chi connectivity index (χ1v) is 8.14. The number of hydrogen-bond donors (Lipinski definition) is 2. The number of nitrogens with one attached hydrogen (secondary N) is 1. The zero-order valence-corrected chi connectivity index (χ0v) is 12.7. The number of hydrogen-bond acceptors (Lipinski definition) is 2. The number of anilines is 1. The van der Waals surface area contributed by atoms with Gasteiger partial charge in [0.25, 0.3) is 0 Å². The molecule has 0 saturated heterocycles. The van der Waals surface area contributed by atoms with E-state index in [1.807, 2.05) is 12.1 Å². The van der Waals surface area contributed by atoms with Crippen molar-refractivity contribution in [2.45, 2.75) is 44.1 Å². The summed E-state index contributed by atoms with van der Waals surface area (Å²) in [6, 6.07) is 7.27. The molecule has 0 heterocycles. The van der Waals surface area contributed by atoms with E-state index in [9.17, 15) is 9.90 Å². The largest absolute Gasteiger partial charge is 0.390 e. The Hall–Kier alpha value is -1.06. The molecule has 0 spiro atoms. The van der Waals surface area contributed by atoms with Crippen molar-refractivity contribution in [1.29, 1.82) is 0 Å². The summed E-state index contributed by atoms with van der Waals surface area (Å²) in [7, 11) is 0. The molecular weight excluding hydrogens is 286 g/mol. The minimum Gasteiger partial charge on any atom is -0.390 e. The Morgan fingerprint density at radius 1 is 1.24 bits per heavy atom. The molecule has 21 heavy (non-hydrogen) atoms. The molecule has 4 heteroatoms. The molecule has 0 aromatic heterocycles. The van der Waals surface area contributed by atoms with Crippen LogP contribution in [0.2, 0.25) is 5.02 Å². The highest BCUT2D eigenvalue weighted by atomic mass is 35.5. The molecule has 1 amide bonds. The summed E-state index contributed by atoms with van der Waals surface area (Å²) in [5, 5.41) is 14.4. The lowest BCUT2D eigenvalue weighted by atomic mass is 9.47. The average molecular weight is 306 g/mol. The molecule has 0 radical (unpaired) electrons. The highest BCUT2D eigenvalue weighted by molar-refractivity contribution is 6.30. The van der Waals surface area contributed by atoms with Crippen LogP contribution in [0.1, 0.15) is 38.5 Å². The Balaban J connectivity index is 1.59. The fourth-order valence-electron chi connectivity index (χ4n) is 5.31. The van der Waals surface area contributed by atoms with E-state index in [0.717, 1.165) is 31.4 Å². The summed E-state index contributed by atoms with van der Waals surface area (Å²) in [4.78, 5) is 12.9. The summed E-state index contributed by atoms with van der Waals surface area (Å²) in [6.07, 6.45) is 5.44. The molecule has 0 aliphatic heterocycles. The summed E-state index contributed by atoms with van der Waals surface area (Å²) < 4.78 is 0. The minimum atomic E-state index is -0.601. The zero-order valence-electron chi connectivity index (χ0n) is 11.9. The third-order valence-corrected chi connectivity index (χ3v) is 5.83. The lowest BCUT2D eigenvalue weighted by Crippen LogP contribution is -2.59. The van der Waals surface area contributed by atoms with E-state index < -0.39 is 5.60 Å². The maximum absolute atomic E-state index is 12.9. The van der Waals surface area contributed by atoms with Crippen LogP contribution >= 0.6 is 11.6 Å². The van der Waals surface area contributed by atoms with Gasteiger partial charge < -0.3 is 10.4 Å². The quantitative estimate of drug-likeness (QED) is 0.877. The molecule has 112 valence electrons. The van der Waals surface area contributed by atoms with Gasteiger partial charge in [0.1, 0.15) is 0 Å². The number of halogens is 1. The summed E-state index contributed by atoms with van der Waals surface area (Å²) >= 11 is 5.98. The van der Waals surface area contributed by atoms with Gasteiger partial charge >= 0.3 is 0 Å². The fraction of sp³-hybridized carbons (Fsp3) is 0.588. The van der Waals surface area contributed by atoms with Crippen LogP contribution in [-0.2, 0) is 4.79 Å². The van der Waals surface area contributed by atoms with Gasteiger partial charge in [0.2, 0.25) is 5.91 Å². The summed E-state index contributed by atoms with van der Waals surface area (Å²) in [6.45, 7) is 0. The van der Waals surface area contributed by atoms with Crippen molar-refractivity contribution in [3.8, 4) is 0 Å². The normalized spacial score (nSPS) is 40.3. The summed E-state index contributed by atoms with van der Waals surface area (Å²) in [5.74, 6) is 1.10. The minimum absolute atomic E-state index is 0.0669. The number of carbonyl (C=O) groups excluding carboxylic acids is 1. The van der Waals surface area contributed by atoms with Crippen molar-refractivity contribution in [1.82, 2.24) is 0 Å². The van der Waals surface area contributed by atoms with Crippen LogP contribution in [-0.4, -0.2) is 16.6 Å². The molecule has 4 fully saturated rings. The smallest absolute Gasteiger partial charge is 0.230 e. The van der Waals surface area contributed by atoms with Gasteiger partial charge in [-0.25, -0.2) is 0 Å². The molecule has 4 bridgehead atoms. The molecule has 4 aliphatic rings.